The van der Waals surface area contributed by atoms with Crippen molar-refractivity contribution in [1.82, 2.24) is 5.32 Å². The summed E-state index contributed by atoms with van der Waals surface area (Å²) in [6, 6.07) is 4.57. The molecule has 104 valence electrons. The monoisotopic (exact) mass is 329 g/mol. The highest BCUT2D eigenvalue weighted by molar-refractivity contribution is 9.10. The average Bonchev–Trinajstić information content (AvgIpc) is 2.31. The number of non-ortho nitro benzene ring substituents is 1. The van der Waals surface area contributed by atoms with Gasteiger partial charge in [-0.15, -0.1) is 0 Å². The van der Waals surface area contributed by atoms with Gasteiger partial charge in [-0.1, -0.05) is 13.8 Å². The van der Waals surface area contributed by atoms with Crippen LogP contribution in [-0.2, 0) is 4.79 Å². The molecule has 1 aromatic rings. The summed E-state index contributed by atoms with van der Waals surface area (Å²) in [6.45, 7) is 4.56. The molecule has 1 rings (SSSR count). The van der Waals surface area contributed by atoms with Gasteiger partial charge >= 0.3 is 0 Å². The van der Waals surface area contributed by atoms with E-state index in [1.165, 1.54) is 12.1 Å². The number of nitro benzene ring substituents is 1. The summed E-state index contributed by atoms with van der Waals surface area (Å²) in [7, 11) is 0. The summed E-state index contributed by atoms with van der Waals surface area (Å²) in [5.41, 5.74) is 0.350. The van der Waals surface area contributed by atoms with Crippen molar-refractivity contribution in [3.8, 4) is 0 Å². The van der Waals surface area contributed by atoms with Crippen molar-refractivity contribution in [3.05, 3.63) is 32.8 Å². The van der Waals surface area contributed by atoms with Crippen LogP contribution in [0.15, 0.2) is 22.7 Å². The lowest BCUT2D eigenvalue weighted by Crippen LogP contribution is -2.27. The van der Waals surface area contributed by atoms with E-state index in [9.17, 15) is 14.9 Å². The van der Waals surface area contributed by atoms with Gasteiger partial charge in [0.2, 0.25) is 5.91 Å². The van der Waals surface area contributed by atoms with E-state index in [4.69, 9.17) is 0 Å². The van der Waals surface area contributed by atoms with Gasteiger partial charge in [0.25, 0.3) is 5.69 Å². The lowest BCUT2D eigenvalue weighted by Gasteiger charge is -2.09. The van der Waals surface area contributed by atoms with Crippen LogP contribution < -0.4 is 10.6 Å². The van der Waals surface area contributed by atoms with Gasteiger partial charge in [0.15, 0.2) is 0 Å². The first kappa shape index (κ1) is 15.6. The molecule has 0 fully saturated rings. The highest BCUT2D eigenvalue weighted by atomic mass is 79.9. The molecule has 0 aliphatic heterocycles. The Morgan fingerprint density at radius 2 is 2.16 bits per heavy atom. The SMILES string of the molecule is CC(C)NCCC(=O)Nc1cc([N+](=O)[O-])ccc1Br. The molecule has 0 bridgehead atoms. The van der Waals surface area contributed by atoms with Gasteiger partial charge in [-0.3, -0.25) is 14.9 Å². The van der Waals surface area contributed by atoms with Gasteiger partial charge in [-0.25, -0.2) is 0 Å². The number of benzene rings is 1. The molecule has 0 saturated heterocycles. The van der Waals surface area contributed by atoms with Gasteiger partial charge < -0.3 is 10.6 Å². The number of nitro groups is 1. The Balaban J connectivity index is 2.63. The molecule has 0 saturated carbocycles. The van der Waals surface area contributed by atoms with Crippen LogP contribution in [0.5, 0.6) is 0 Å². The maximum atomic E-state index is 11.7. The van der Waals surface area contributed by atoms with Crippen LogP contribution in [-0.4, -0.2) is 23.4 Å². The van der Waals surface area contributed by atoms with E-state index < -0.39 is 4.92 Å². The molecule has 0 heterocycles. The molecule has 7 heteroatoms. The number of halogens is 1. The van der Waals surface area contributed by atoms with Crippen LogP contribution in [0.4, 0.5) is 11.4 Å². The van der Waals surface area contributed by atoms with Gasteiger partial charge in [-0.05, 0) is 22.0 Å². The van der Waals surface area contributed by atoms with Crippen molar-refractivity contribution in [1.29, 1.82) is 0 Å². The highest BCUT2D eigenvalue weighted by Gasteiger charge is 2.11. The van der Waals surface area contributed by atoms with Crippen molar-refractivity contribution in [2.24, 2.45) is 0 Å². The van der Waals surface area contributed by atoms with Crippen LogP contribution in [0, 0.1) is 10.1 Å². The van der Waals surface area contributed by atoms with E-state index in [1.54, 1.807) is 6.07 Å². The van der Waals surface area contributed by atoms with Crippen LogP contribution >= 0.6 is 15.9 Å². The van der Waals surface area contributed by atoms with E-state index in [2.05, 4.69) is 26.6 Å². The van der Waals surface area contributed by atoms with Crippen LogP contribution in [0.3, 0.4) is 0 Å². The van der Waals surface area contributed by atoms with Crippen LogP contribution in [0.25, 0.3) is 0 Å². The zero-order chi connectivity index (χ0) is 14.4. The minimum atomic E-state index is -0.498. The third kappa shape index (κ3) is 5.35. The minimum absolute atomic E-state index is 0.0567. The predicted octanol–water partition coefficient (Wildman–Crippen LogP) is 2.68. The quantitative estimate of drug-likeness (QED) is 0.620. The van der Waals surface area contributed by atoms with Crippen LogP contribution in [0.1, 0.15) is 20.3 Å². The van der Waals surface area contributed by atoms with E-state index >= 15 is 0 Å². The first-order valence-electron chi connectivity index (χ1n) is 5.87. The number of amides is 1. The van der Waals surface area contributed by atoms with Crippen molar-refractivity contribution < 1.29 is 9.72 Å². The molecule has 6 nitrogen and oxygen atoms in total. The van der Waals surface area contributed by atoms with Crippen molar-refractivity contribution in [2.45, 2.75) is 26.3 Å². The molecule has 19 heavy (non-hydrogen) atoms. The van der Waals surface area contributed by atoms with E-state index in [0.717, 1.165) is 0 Å². The number of rotatable bonds is 6. The molecule has 0 atom stereocenters. The van der Waals surface area contributed by atoms with Crippen LogP contribution in [0.2, 0.25) is 0 Å². The Bertz CT molecular complexity index is 477. The third-order valence-electron chi connectivity index (χ3n) is 2.34. The van der Waals surface area contributed by atoms with E-state index in [1.807, 2.05) is 13.8 Å². The number of nitrogens with zero attached hydrogens (tertiary/aromatic N) is 1. The number of hydrogen-bond acceptors (Lipinski definition) is 4. The summed E-state index contributed by atoms with van der Waals surface area (Å²) in [4.78, 5) is 21.9. The Hall–Kier alpha value is -1.47. The van der Waals surface area contributed by atoms with E-state index in [-0.39, 0.29) is 11.6 Å². The fourth-order valence-electron chi connectivity index (χ4n) is 1.41. The molecule has 1 aromatic carbocycles. The molecule has 0 spiro atoms. The standard InChI is InChI=1S/C12H16BrN3O3/c1-8(2)14-6-5-12(17)15-11-7-9(16(18)19)3-4-10(11)13/h3-4,7-8,14H,5-6H2,1-2H3,(H,15,17). The fourth-order valence-corrected chi connectivity index (χ4v) is 1.76. The number of nitrogens with one attached hydrogen (secondary N) is 2. The maximum absolute atomic E-state index is 11.7. The minimum Gasteiger partial charge on any atom is -0.325 e. The number of carbonyl (C=O) groups excluding carboxylic acids is 1. The first-order valence-corrected chi connectivity index (χ1v) is 6.66. The summed E-state index contributed by atoms with van der Waals surface area (Å²) >= 11 is 3.25. The first-order chi connectivity index (χ1) is 8.90. The number of carbonyl (C=O) groups is 1. The number of anilines is 1. The third-order valence-corrected chi connectivity index (χ3v) is 3.03. The molecule has 1 amide bonds. The highest BCUT2D eigenvalue weighted by Crippen LogP contribution is 2.27. The topological polar surface area (TPSA) is 84.3 Å². The Morgan fingerprint density at radius 3 is 2.74 bits per heavy atom. The van der Waals surface area contributed by atoms with Crippen molar-refractivity contribution >= 4 is 33.2 Å². The maximum Gasteiger partial charge on any atom is 0.271 e. The normalized spacial score (nSPS) is 10.5. The van der Waals surface area contributed by atoms with Gasteiger partial charge in [0.1, 0.15) is 0 Å². The lowest BCUT2D eigenvalue weighted by atomic mass is 10.2. The molecule has 0 radical (unpaired) electrons. The van der Waals surface area contributed by atoms with Gasteiger partial charge in [-0.2, -0.15) is 0 Å². The largest absolute Gasteiger partial charge is 0.325 e. The Morgan fingerprint density at radius 1 is 1.47 bits per heavy atom. The average molecular weight is 330 g/mol. The molecular weight excluding hydrogens is 314 g/mol. The molecule has 0 aliphatic rings. The molecule has 0 unspecified atom stereocenters. The lowest BCUT2D eigenvalue weighted by molar-refractivity contribution is -0.384. The Labute approximate surface area is 119 Å². The molecule has 0 aliphatic carbocycles. The summed E-state index contributed by atoms with van der Waals surface area (Å²) in [6.07, 6.45) is 0.313. The van der Waals surface area contributed by atoms with Crippen molar-refractivity contribution in [3.63, 3.8) is 0 Å². The second kappa shape index (κ2) is 7.20. The summed E-state index contributed by atoms with van der Waals surface area (Å²) in [5, 5.41) is 16.4. The summed E-state index contributed by atoms with van der Waals surface area (Å²) < 4.78 is 0.614. The zero-order valence-corrected chi connectivity index (χ0v) is 12.4. The van der Waals surface area contributed by atoms with Gasteiger partial charge in [0.05, 0.1) is 10.6 Å². The Kier molecular flexibility index (Phi) is 5.91. The van der Waals surface area contributed by atoms with Gasteiger partial charge in [0, 0.05) is 35.6 Å². The zero-order valence-electron chi connectivity index (χ0n) is 10.8. The number of hydrogen-bond donors (Lipinski definition) is 2. The molecule has 2 N–H and O–H groups in total. The molecular formula is C12H16BrN3O3. The fraction of sp³-hybridized carbons (Fsp3) is 0.417. The predicted molar refractivity (Wildman–Crippen MR) is 77.2 cm³/mol. The second-order valence-electron chi connectivity index (χ2n) is 4.33. The molecule has 0 aromatic heterocycles. The summed E-state index contributed by atoms with van der Waals surface area (Å²) in [5.74, 6) is -0.186. The van der Waals surface area contributed by atoms with E-state index in [0.29, 0.717) is 29.2 Å². The van der Waals surface area contributed by atoms with Crippen molar-refractivity contribution in [2.75, 3.05) is 11.9 Å². The smallest absolute Gasteiger partial charge is 0.271 e. The second-order valence-corrected chi connectivity index (χ2v) is 5.18.